The third-order valence-corrected chi connectivity index (χ3v) is 3.97. The number of halogens is 1. The number of thiophene rings is 1. The molecule has 0 saturated heterocycles. The molecule has 0 unspecified atom stereocenters. The van der Waals surface area contributed by atoms with Gasteiger partial charge in [-0.15, -0.1) is 11.3 Å². The molecule has 2 aromatic rings. The lowest BCUT2D eigenvalue weighted by molar-refractivity contribution is 1.03. The standard InChI is InChI=1S/C12H12BrN5S/c13-9-4-10(19-7-9)6-16-12-5-11(17-8-18-12)15-3-1-2-14/h4-5,7-8H,1,3,6H2,(H2,15,16,17,18). The van der Waals surface area contributed by atoms with Crippen molar-refractivity contribution in [1.29, 1.82) is 5.26 Å². The van der Waals surface area contributed by atoms with Gasteiger partial charge in [-0.25, -0.2) is 9.97 Å². The molecule has 2 aromatic heterocycles. The molecule has 0 fully saturated rings. The summed E-state index contributed by atoms with van der Waals surface area (Å²) in [4.78, 5) is 9.48. The van der Waals surface area contributed by atoms with Crippen molar-refractivity contribution < 1.29 is 0 Å². The van der Waals surface area contributed by atoms with E-state index in [0.717, 1.165) is 22.7 Å². The summed E-state index contributed by atoms with van der Waals surface area (Å²) >= 11 is 5.11. The van der Waals surface area contributed by atoms with Crippen LogP contribution in [0.15, 0.2) is 28.3 Å². The van der Waals surface area contributed by atoms with Crippen molar-refractivity contribution in [2.45, 2.75) is 13.0 Å². The van der Waals surface area contributed by atoms with Gasteiger partial charge in [-0.05, 0) is 22.0 Å². The summed E-state index contributed by atoms with van der Waals surface area (Å²) in [7, 11) is 0. The lowest BCUT2D eigenvalue weighted by Crippen LogP contribution is -2.05. The van der Waals surface area contributed by atoms with Crippen molar-refractivity contribution in [2.24, 2.45) is 0 Å². The van der Waals surface area contributed by atoms with Gasteiger partial charge in [0.25, 0.3) is 0 Å². The van der Waals surface area contributed by atoms with Gasteiger partial charge in [-0.2, -0.15) is 5.26 Å². The first-order chi connectivity index (χ1) is 9.28. The lowest BCUT2D eigenvalue weighted by atomic mass is 10.4. The molecular formula is C12H12BrN5S. The Labute approximate surface area is 123 Å². The molecule has 19 heavy (non-hydrogen) atoms. The lowest BCUT2D eigenvalue weighted by Gasteiger charge is -2.06. The van der Waals surface area contributed by atoms with Crippen LogP contribution in [0.3, 0.4) is 0 Å². The second kappa shape index (κ2) is 7.07. The fraction of sp³-hybridized carbons (Fsp3) is 0.250. The summed E-state index contributed by atoms with van der Waals surface area (Å²) in [6.07, 6.45) is 1.96. The number of aromatic nitrogens is 2. The molecule has 0 bridgehead atoms. The zero-order valence-corrected chi connectivity index (χ0v) is 12.5. The number of nitrogens with zero attached hydrogens (tertiary/aromatic N) is 3. The SMILES string of the molecule is N#CCCNc1cc(NCc2cc(Br)cs2)ncn1. The average molecular weight is 338 g/mol. The fourth-order valence-electron chi connectivity index (χ4n) is 1.42. The van der Waals surface area contributed by atoms with E-state index in [1.165, 1.54) is 11.2 Å². The molecule has 0 aromatic carbocycles. The van der Waals surface area contributed by atoms with Crippen LogP contribution in [-0.2, 0) is 6.54 Å². The number of nitrogens with one attached hydrogen (secondary N) is 2. The average Bonchev–Trinajstić information content (AvgIpc) is 2.83. The minimum atomic E-state index is 0.454. The predicted octanol–water partition coefficient (Wildman–Crippen LogP) is 3.24. The van der Waals surface area contributed by atoms with Crippen molar-refractivity contribution in [2.75, 3.05) is 17.2 Å². The highest BCUT2D eigenvalue weighted by Crippen LogP contribution is 2.20. The van der Waals surface area contributed by atoms with Gasteiger partial charge in [0, 0.05) is 27.3 Å². The molecule has 0 amide bonds. The molecule has 0 aliphatic carbocycles. The van der Waals surface area contributed by atoms with Crippen molar-refractivity contribution >= 4 is 38.9 Å². The first kappa shape index (κ1) is 13.8. The Hall–Kier alpha value is -1.65. The number of anilines is 2. The zero-order chi connectivity index (χ0) is 13.5. The summed E-state index contributed by atoms with van der Waals surface area (Å²) in [5, 5.41) is 16.8. The minimum absolute atomic E-state index is 0.454. The molecule has 0 aliphatic heterocycles. The number of hydrogen-bond donors (Lipinski definition) is 2. The van der Waals surface area contributed by atoms with Crippen LogP contribution in [0.4, 0.5) is 11.6 Å². The van der Waals surface area contributed by atoms with Gasteiger partial charge in [0.1, 0.15) is 18.0 Å². The van der Waals surface area contributed by atoms with Gasteiger partial charge in [0.15, 0.2) is 0 Å². The van der Waals surface area contributed by atoms with Crippen molar-refractivity contribution in [1.82, 2.24) is 9.97 Å². The molecular weight excluding hydrogens is 326 g/mol. The monoisotopic (exact) mass is 337 g/mol. The van der Waals surface area contributed by atoms with Crippen LogP contribution < -0.4 is 10.6 Å². The summed E-state index contributed by atoms with van der Waals surface area (Å²) in [5.74, 6) is 1.49. The van der Waals surface area contributed by atoms with Crippen LogP contribution in [0, 0.1) is 11.3 Å². The molecule has 7 heteroatoms. The van der Waals surface area contributed by atoms with Crippen LogP contribution in [-0.4, -0.2) is 16.5 Å². The van der Waals surface area contributed by atoms with E-state index in [-0.39, 0.29) is 0 Å². The molecule has 0 saturated carbocycles. The molecule has 5 nitrogen and oxygen atoms in total. The Bertz CT molecular complexity index is 577. The van der Waals surface area contributed by atoms with E-state index in [4.69, 9.17) is 5.26 Å². The van der Waals surface area contributed by atoms with Crippen molar-refractivity contribution in [3.8, 4) is 6.07 Å². The van der Waals surface area contributed by atoms with Gasteiger partial charge in [0.2, 0.25) is 0 Å². The summed E-state index contributed by atoms with van der Waals surface area (Å²) in [5.41, 5.74) is 0. The quantitative estimate of drug-likeness (QED) is 0.791. The second-order valence-electron chi connectivity index (χ2n) is 3.71. The van der Waals surface area contributed by atoms with Crippen LogP contribution in [0.25, 0.3) is 0 Å². The summed E-state index contributed by atoms with van der Waals surface area (Å²) in [6.45, 7) is 1.32. The fourth-order valence-corrected chi connectivity index (χ4v) is 2.81. The Morgan fingerprint density at radius 3 is 2.74 bits per heavy atom. The highest BCUT2D eigenvalue weighted by molar-refractivity contribution is 9.10. The minimum Gasteiger partial charge on any atom is -0.369 e. The van der Waals surface area contributed by atoms with Crippen LogP contribution >= 0.6 is 27.3 Å². The topological polar surface area (TPSA) is 73.6 Å². The van der Waals surface area contributed by atoms with E-state index in [1.807, 2.05) is 11.4 Å². The molecule has 98 valence electrons. The van der Waals surface area contributed by atoms with Gasteiger partial charge < -0.3 is 10.6 Å². The normalized spacial score (nSPS) is 9.89. The maximum atomic E-state index is 8.47. The molecule has 0 spiro atoms. The van der Waals surface area contributed by atoms with E-state index >= 15 is 0 Å². The first-order valence-corrected chi connectivity index (χ1v) is 7.35. The van der Waals surface area contributed by atoms with Gasteiger partial charge in [-0.3, -0.25) is 0 Å². The number of rotatable bonds is 6. The molecule has 0 radical (unpaired) electrons. The predicted molar refractivity (Wildman–Crippen MR) is 80.1 cm³/mol. The highest BCUT2D eigenvalue weighted by Gasteiger charge is 2.00. The molecule has 2 N–H and O–H groups in total. The second-order valence-corrected chi connectivity index (χ2v) is 5.62. The number of hydrogen-bond acceptors (Lipinski definition) is 6. The maximum Gasteiger partial charge on any atom is 0.131 e. The summed E-state index contributed by atoms with van der Waals surface area (Å²) < 4.78 is 1.09. The summed E-state index contributed by atoms with van der Waals surface area (Å²) in [6, 6.07) is 5.98. The number of nitriles is 1. The molecule has 2 rings (SSSR count). The smallest absolute Gasteiger partial charge is 0.131 e. The Balaban J connectivity index is 1.90. The van der Waals surface area contributed by atoms with E-state index in [1.54, 1.807) is 11.3 Å². The van der Waals surface area contributed by atoms with Crippen LogP contribution in [0.5, 0.6) is 0 Å². The Morgan fingerprint density at radius 1 is 1.26 bits per heavy atom. The molecule has 2 heterocycles. The zero-order valence-electron chi connectivity index (χ0n) is 10.1. The van der Waals surface area contributed by atoms with Crippen molar-refractivity contribution in [3.63, 3.8) is 0 Å². The highest BCUT2D eigenvalue weighted by atomic mass is 79.9. The van der Waals surface area contributed by atoms with Crippen LogP contribution in [0.2, 0.25) is 0 Å². The Kier molecular flexibility index (Phi) is 5.12. The largest absolute Gasteiger partial charge is 0.369 e. The third-order valence-electron chi connectivity index (χ3n) is 2.28. The first-order valence-electron chi connectivity index (χ1n) is 5.67. The van der Waals surface area contributed by atoms with E-state index < -0.39 is 0 Å². The van der Waals surface area contributed by atoms with E-state index in [0.29, 0.717) is 13.0 Å². The van der Waals surface area contributed by atoms with Gasteiger partial charge in [-0.1, -0.05) is 0 Å². The van der Waals surface area contributed by atoms with E-state index in [9.17, 15) is 0 Å². The van der Waals surface area contributed by atoms with Gasteiger partial charge in [0.05, 0.1) is 19.0 Å². The molecule has 0 aliphatic rings. The third kappa shape index (κ3) is 4.50. The maximum absolute atomic E-state index is 8.47. The van der Waals surface area contributed by atoms with Crippen molar-refractivity contribution in [3.05, 3.63) is 33.2 Å². The Morgan fingerprint density at radius 2 is 2.05 bits per heavy atom. The molecule has 0 atom stereocenters. The van der Waals surface area contributed by atoms with E-state index in [2.05, 4.69) is 48.7 Å². The van der Waals surface area contributed by atoms with Crippen LogP contribution in [0.1, 0.15) is 11.3 Å². The van der Waals surface area contributed by atoms with Gasteiger partial charge >= 0.3 is 0 Å².